The van der Waals surface area contributed by atoms with E-state index in [-0.39, 0.29) is 63.9 Å². The number of hydrogen-bond donors (Lipinski definition) is 3. The summed E-state index contributed by atoms with van der Waals surface area (Å²) in [6.07, 6.45) is 0.748. The van der Waals surface area contributed by atoms with Crippen LogP contribution >= 0.6 is 34.7 Å². The summed E-state index contributed by atoms with van der Waals surface area (Å²) in [5.74, 6) is -1.48. The number of imide groups is 1. The molecule has 4 aromatic rings. The van der Waals surface area contributed by atoms with Crippen LogP contribution in [0.1, 0.15) is 28.3 Å². The molecular formula is C34H28ClN3O6S2. The summed E-state index contributed by atoms with van der Waals surface area (Å²) >= 11 is 9.32. The molecule has 0 spiro atoms. The monoisotopic (exact) mass is 673 g/mol. The molecule has 2 bridgehead atoms. The fourth-order valence-electron chi connectivity index (χ4n) is 8.09. The van der Waals surface area contributed by atoms with Crippen LogP contribution in [-0.2, 0) is 14.4 Å². The lowest BCUT2D eigenvalue weighted by Crippen LogP contribution is -2.42. The highest BCUT2D eigenvalue weighted by atomic mass is 35.5. The van der Waals surface area contributed by atoms with Crippen LogP contribution in [0.15, 0.2) is 76.6 Å². The molecule has 4 aliphatic rings. The zero-order chi connectivity index (χ0) is 31.9. The van der Waals surface area contributed by atoms with E-state index in [1.807, 2.05) is 37.3 Å². The Kier molecular flexibility index (Phi) is 7.04. The number of carbonyl (C=O) groups is 3. The van der Waals surface area contributed by atoms with E-state index in [4.69, 9.17) is 16.3 Å². The predicted molar refractivity (Wildman–Crippen MR) is 176 cm³/mol. The second-order valence-electron chi connectivity index (χ2n) is 12.4. The van der Waals surface area contributed by atoms with Crippen molar-refractivity contribution >= 4 is 63.8 Å². The zero-order valence-electron chi connectivity index (χ0n) is 24.4. The van der Waals surface area contributed by atoms with Gasteiger partial charge in [0.1, 0.15) is 11.5 Å². The number of aromatic nitrogens is 1. The number of amides is 3. The first-order valence-electron chi connectivity index (χ1n) is 15.0. The topological polar surface area (TPSA) is 129 Å². The molecule has 1 aromatic heterocycles. The number of ether oxygens (including phenoxy) is 1. The van der Waals surface area contributed by atoms with Crippen molar-refractivity contribution in [3.8, 4) is 11.5 Å². The van der Waals surface area contributed by atoms with Crippen molar-refractivity contribution in [2.45, 2.75) is 29.5 Å². The van der Waals surface area contributed by atoms with E-state index >= 15 is 0 Å². The van der Waals surface area contributed by atoms with Crippen LogP contribution in [-0.4, -0.2) is 39.7 Å². The molecule has 0 radical (unpaired) electrons. The summed E-state index contributed by atoms with van der Waals surface area (Å²) in [6, 6.07) is 18.9. The minimum Gasteiger partial charge on any atom is -0.508 e. The summed E-state index contributed by atoms with van der Waals surface area (Å²) in [6.45, 7) is 1.68. The molecule has 2 saturated carbocycles. The molecule has 8 rings (SSSR count). The molecule has 3 heterocycles. The molecule has 9 nitrogen and oxygen atoms in total. The molecule has 7 atom stereocenters. The average molecular weight is 674 g/mol. The van der Waals surface area contributed by atoms with Crippen LogP contribution < -0.4 is 19.8 Å². The fourth-order valence-corrected chi connectivity index (χ4v) is 11.2. The molecule has 2 aliphatic carbocycles. The number of phenols is 1. The van der Waals surface area contributed by atoms with Gasteiger partial charge in [-0.1, -0.05) is 40.6 Å². The van der Waals surface area contributed by atoms with Gasteiger partial charge in [-0.2, -0.15) is 0 Å². The van der Waals surface area contributed by atoms with Crippen molar-refractivity contribution in [2.24, 2.45) is 29.6 Å². The highest BCUT2D eigenvalue weighted by molar-refractivity contribution is 8.00. The number of benzene rings is 3. The molecular weight excluding hydrogens is 646 g/mol. The molecule has 3 amide bonds. The zero-order valence-corrected chi connectivity index (χ0v) is 26.8. The van der Waals surface area contributed by atoms with E-state index < -0.39 is 11.8 Å². The first-order chi connectivity index (χ1) is 22.2. The summed E-state index contributed by atoms with van der Waals surface area (Å²) in [5, 5.41) is 13.5. The van der Waals surface area contributed by atoms with Gasteiger partial charge in [0.2, 0.25) is 11.8 Å². The molecule has 234 valence electrons. The lowest BCUT2D eigenvalue weighted by atomic mass is 9.68. The van der Waals surface area contributed by atoms with Gasteiger partial charge in [-0.25, -0.2) is 0 Å². The second kappa shape index (κ2) is 11.0. The minimum atomic E-state index is -0.444. The molecule has 3 N–H and O–H groups in total. The maximum absolute atomic E-state index is 14.0. The number of thioether (sulfide) groups is 1. The van der Waals surface area contributed by atoms with Crippen LogP contribution in [0, 0.1) is 36.5 Å². The second-order valence-corrected chi connectivity index (χ2v) is 15.0. The largest absolute Gasteiger partial charge is 0.508 e. The maximum Gasteiger partial charge on any atom is 0.305 e. The van der Waals surface area contributed by atoms with Crippen LogP contribution in [0.4, 0.5) is 11.4 Å². The number of aromatic hydroxyl groups is 1. The summed E-state index contributed by atoms with van der Waals surface area (Å²) in [4.78, 5) is 58.6. The van der Waals surface area contributed by atoms with Crippen molar-refractivity contribution in [1.29, 1.82) is 0 Å². The quantitative estimate of drug-likeness (QED) is 0.174. The average Bonchev–Trinajstić information content (AvgIpc) is 3.77. The first-order valence-corrected chi connectivity index (χ1v) is 17.1. The number of hydrogen-bond acceptors (Lipinski definition) is 8. The van der Waals surface area contributed by atoms with Gasteiger partial charge in [0.15, 0.2) is 6.61 Å². The van der Waals surface area contributed by atoms with E-state index in [0.717, 1.165) is 38.8 Å². The van der Waals surface area contributed by atoms with Crippen molar-refractivity contribution in [1.82, 2.24) is 4.98 Å². The number of aryl methyl sites for hydroxylation is 1. The van der Waals surface area contributed by atoms with E-state index in [0.29, 0.717) is 22.1 Å². The Labute approximate surface area is 276 Å². The van der Waals surface area contributed by atoms with E-state index in [1.165, 1.54) is 17.0 Å². The number of carbonyl (C=O) groups excluding carboxylic acids is 3. The van der Waals surface area contributed by atoms with Gasteiger partial charge in [0, 0.05) is 32.3 Å². The lowest BCUT2D eigenvalue weighted by Gasteiger charge is -2.43. The predicted octanol–water partition coefficient (Wildman–Crippen LogP) is 5.80. The molecule has 3 aromatic carbocycles. The molecule has 12 heteroatoms. The van der Waals surface area contributed by atoms with Gasteiger partial charge < -0.3 is 20.1 Å². The van der Waals surface area contributed by atoms with Crippen molar-refractivity contribution in [2.75, 3.05) is 16.8 Å². The summed E-state index contributed by atoms with van der Waals surface area (Å²) in [5.41, 5.74) is 2.91. The number of anilines is 2. The van der Waals surface area contributed by atoms with Crippen molar-refractivity contribution in [3.05, 3.63) is 97.4 Å². The van der Waals surface area contributed by atoms with Crippen molar-refractivity contribution < 1.29 is 24.2 Å². The van der Waals surface area contributed by atoms with E-state index in [9.17, 15) is 24.3 Å². The van der Waals surface area contributed by atoms with Crippen molar-refractivity contribution in [3.63, 3.8) is 0 Å². The Morgan fingerprint density at radius 1 is 1.02 bits per heavy atom. The Balaban J connectivity index is 1.14. The lowest BCUT2D eigenvalue weighted by molar-refractivity contribution is -0.123. The smallest absolute Gasteiger partial charge is 0.305 e. The van der Waals surface area contributed by atoms with Crippen LogP contribution in [0.25, 0.3) is 0 Å². The van der Waals surface area contributed by atoms with Gasteiger partial charge in [0.25, 0.3) is 5.91 Å². The number of nitrogens with one attached hydrogen (secondary N) is 2. The number of thiazole rings is 1. The number of aromatic amines is 1. The minimum absolute atomic E-state index is 0.00616. The third-order valence-electron chi connectivity index (χ3n) is 9.83. The molecule has 4 unspecified atom stereocenters. The Morgan fingerprint density at radius 3 is 2.48 bits per heavy atom. The normalized spacial score (nSPS) is 27.3. The molecule has 3 fully saturated rings. The van der Waals surface area contributed by atoms with Gasteiger partial charge in [0.05, 0.1) is 22.5 Å². The third-order valence-corrected chi connectivity index (χ3v) is 12.7. The third kappa shape index (κ3) is 4.66. The molecule has 46 heavy (non-hydrogen) atoms. The Bertz CT molecular complexity index is 1960. The number of halogens is 1. The van der Waals surface area contributed by atoms with Crippen LogP contribution in [0.5, 0.6) is 11.5 Å². The number of H-pyrrole nitrogens is 1. The fraction of sp³-hybridized carbons (Fsp3) is 0.294. The summed E-state index contributed by atoms with van der Waals surface area (Å²) < 4.78 is 6.12. The van der Waals surface area contributed by atoms with Gasteiger partial charge in [-0.3, -0.25) is 24.1 Å². The number of fused-ring (bicyclic) bond motifs is 9. The molecule has 1 saturated heterocycles. The van der Waals surface area contributed by atoms with E-state index in [1.54, 1.807) is 36.0 Å². The number of nitrogens with zero attached hydrogens (tertiary/aromatic N) is 1. The summed E-state index contributed by atoms with van der Waals surface area (Å²) in [7, 11) is 0. The SMILES string of the molecule is Cc1ccc(N2C(=O)C3C(C2=O)[C@@H]2C[C@H]3C3Sc4[nH]c(=O)sc4[C@H](c4cc(Cl)ccc4OCC(=O)Nc4ccc(O)cc4)C32)cc1. The van der Waals surface area contributed by atoms with Crippen LogP contribution in [0.2, 0.25) is 5.02 Å². The Morgan fingerprint density at radius 2 is 1.74 bits per heavy atom. The number of phenolic OH excluding ortho intramolecular Hbond substituents is 1. The standard InChI is InChI=1S/C34H28ClN3O6S2/c1-15-2-7-18(8-3-15)38-32(41)27-21-13-22(28(27)33(38)42)29-26(21)25(30-31(45-29)37-34(43)46-30)20-12-16(35)4-11-23(20)44-14-24(40)36-17-5-9-19(39)10-6-17/h2-12,21-22,25-29,39H,13-14H2,1H3,(H,36,40)(H,37,43)/t21-,22-,25-,26?,27?,28?,29?/m1/s1. The highest BCUT2D eigenvalue weighted by Gasteiger charge is 2.69. The van der Waals surface area contributed by atoms with E-state index in [2.05, 4.69) is 10.3 Å². The molecule has 2 aliphatic heterocycles. The highest BCUT2D eigenvalue weighted by Crippen LogP contribution is 2.69. The first kappa shape index (κ1) is 29.3. The number of rotatable bonds is 6. The maximum atomic E-state index is 14.0. The van der Waals surface area contributed by atoms with Gasteiger partial charge >= 0.3 is 4.87 Å². The Hall–Kier alpha value is -4.06. The van der Waals surface area contributed by atoms with Gasteiger partial charge in [-0.15, -0.1) is 11.8 Å². The van der Waals surface area contributed by atoms with Crippen LogP contribution in [0.3, 0.4) is 0 Å². The van der Waals surface area contributed by atoms with Gasteiger partial charge in [-0.05, 0) is 85.7 Å².